The molecule has 1 unspecified atom stereocenters. The number of hydrogen-bond acceptors (Lipinski definition) is 6. The lowest BCUT2D eigenvalue weighted by Gasteiger charge is -2.19. The molecule has 0 saturated carbocycles. The molecule has 3 aromatic rings. The van der Waals surface area contributed by atoms with Crippen LogP contribution in [0.1, 0.15) is 58.3 Å². The van der Waals surface area contributed by atoms with E-state index in [0.717, 1.165) is 46.2 Å². The standard InChI is InChI=1S/C28H30FN5O3/c1-14-8-16(28(30)34-31-3)9-15(2)25(14)19-4-6-21(29)26-20(19)5-7-22(26)33-18-11-23-27(32-12-18)17(13-37-23)10-24(35)36/h4,6,8-9,11-12,17,22,31,33H,5,7,10,13H2,1-3H3,(H2,30,34)(H,35,36)/t17?,22-/m1/s1. The van der Waals surface area contributed by atoms with Crippen LogP contribution in [0.4, 0.5) is 10.1 Å². The number of amidine groups is 1. The van der Waals surface area contributed by atoms with Crippen LogP contribution >= 0.6 is 0 Å². The third kappa shape index (κ3) is 4.57. The molecule has 192 valence electrons. The van der Waals surface area contributed by atoms with Crippen LogP contribution in [0.3, 0.4) is 0 Å². The Kier molecular flexibility index (Phi) is 6.45. The number of hydrogen-bond donors (Lipinski definition) is 4. The number of rotatable bonds is 7. The average Bonchev–Trinajstić information content (AvgIpc) is 3.44. The molecule has 5 N–H and O–H groups in total. The molecular formula is C28H30FN5O3. The Labute approximate surface area is 214 Å². The highest BCUT2D eigenvalue weighted by molar-refractivity contribution is 5.98. The highest BCUT2D eigenvalue weighted by Crippen LogP contribution is 2.43. The number of aromatic nitrogens is 1. The van der Waals surface area contributed by atoms with Gasteiger partial charge in [-0.15, -0.1) is 0 Å². The Morgan fingerprint density at radius 2 is 2.03 bits per heavy atom. The summed E-state index contributed by atoms with van der Waals surface area (Å²) >= 11 is 0. The van der Waals surface area contributed by atoms with Crippen molar-refractivity contribution in [1.82, 2.24) is 10.4 Å². The SMILES string of the molecule is CN/N=C(\N)c1cc(C)c(-c2ccc(F)c3c2CC[C@H]3Nc2cnc3c(c2)OCC3CC(=O)O)c(C)c1. The maximum absolute atomic E-state index is 15.2. The summed E-state index contributed by atoms with van der Waals surface area (Å²) in [5, 5.41) is 16.6. The van der Waals surface area contributed by atoms with E-state index >= 15 is 4.39 Å². The lowest BCUT2D eigenvalue weighted by Crippen LogP contribution is -2.17. The number of aliphatic carboxylic acids is 1. The molecule has 1 aromatic heterocycles. The molecule has 2 heterocycles. The number of anilines is 1. The first-order valence-corrected chi connectivity index (χ1v) is 12.3. The predicted molar refractivity (Wildman–Crippen MR) is 141 cm³/mol. The molecule has 5 rings (SSSR count). The maximum Gasteiger partial charge on any atom is 0.304 e. The lowest BCUT2D eigenvalue weighted by atomic mass is 9.89. The number of carbonyl (C=O) groups is 1. The number of pyridine rings is 1. The summed E-state index contributed by atoms with van der Waals surface area (Å²) in [6, 6.07) is 9.03. The zero-order valence-electron chi connectivity index (χ0n) is 21.1. The monoisotopic (exact) mass is 503 g/mol. The number of ether oxygens (including phenoxy) is 1. The van der Waals surface area contributed by atoms with Gasteiger partial charge in [0.15, 0.2) is 5.84 Å². The van der Waals surface area contributed by atoms with Gasteiger partial charge in [-0.1, -0.05) is 6.07 Å². The molecule has 2 aromatic carbocycles. The minimum Gasteiger partial charge on any atom is -0.491 e. The summed E-state index contributed by atoms with van der Waals surface area (Å²) in [6.45, 7) is 4.37. The van der Waals surface area contributed by atoms with Crippen LogP contribution < -0.4 is 21.2 Å². The van der Waals surface area contributed by atoms with Crippen molar-refractivity contribution in [2.45, 2.75) is 45.1 Å². The summed E-state index contributed by atoms with van der Waals surface area (Å²) in [5.41, 5.74) is 16.9. The average molecular weight is 504 g/mol. The first-order valence-electron chi connectivity index (χ1n) is 12.3. The number of carboxylic acid groups (broad SMARTS) is 1. The van der Waals surface area contributed by atoms with Crippen molar-refractivity contribution in [3.05, 3.63) is 75.9 Å². The molecule has 9 heteroatoms. The fraction of sp³-hybridized carbons (Fsp3) is 0.321. The molecule has 1 aliphatic carbocycles. The Bertz CT molecular complexity index is 1400. The summed E-state index contributed by atoms with van der Waals surface area (Å²) in [4.78, 5) is 15.6. The Morgan fingerprint density at radius 1 is 1.27 bits per heavy atom. The van der Waals surface area contributed by atoms with E-state index in [0.29, 0.717) is 35.1 Å². The normalized spacial score (nSPS) is 18.2. The number of nitrogens with zero attached hydrogens (tertiary/aromatic N) is 2. The molecule has 1 aliphatic heterocycles. The third-order valence-electron chi connectivity index (χ3n) is 7.14. The molecule has 2 atom stereocenters. The van der Waals surface area contributed by atoms with E-state index in [2.05, 4.69) is 20.8 Å². The summed E-state index contributed by atoms with van der Waals surface area (Å²) in [6.07, 6.45) is 3.12. The summed E-state index contributed by atoms with van der Waals surface area (Å²) in [7, 11) is 1.70. The maximum atomic E-state index is 15.2. The van der Waals surface area contributed by atoms with E-state index in [9.17, 15) is 4.79 Å². The molecule has 0 spiro atoms. The van der Waals surface area contributed by atoms with Crippen LogP contribution in [0.25, 0.3) is 11.1 Å². The largest absolute Gasteiger partial charge is 0.491 e. The van der Waals surface area contributed by atoms with Crippen molar-refractivity contribution in [3.8, 4) is 16.9 Å². The van der Waals surface area contributed by atoms with Crippen molar-refractivity contribution in [2.75, 3.05) is 19.0 Å². The van der Waals surface area contributed by atoms with E-state index in [1.54, 1.807) is 19.3 Å². The second-order valence-corrected chi connectivity index (χ2v) is 9.64. The molecule has 0 saturated heterocycles. The van der Waals surface area contributed by atoms with Crippen LogP contribution in [0.15, 0.2) is 41.6 Å². The highest BCUT2D eigenvalue weighted by Gasteiger charge is 2.31. The third-order valence-corrected chi connectivity index (χ3v) is 7.14. The molecule has 0 bridgehead atoms. The molecule has 0 radical (unpaired) electrons. The van der Waals surface area contributed by atoms with E-state index in [1.807, 2.05) is 38.1 Å². The van der Waals surface area contributed by atoms with E-state index < -0.39 is 5.97 Å². The highest BCUT2D eigenvalue weighted by atomic mass is 19.1. The van der Waals surface area contributed by atoms with Gasteiger partial charge in [0.25, 0.3) is 0 Å². The van der Waals surface area contributed by atoms with Gasteiger partial charge >= 0.3 is 5.97 Å². The number of halogens is 1. The molecule has 0 amide bonds. The van der Waals surface area contributed by atoms with Crippen LogP contribution in [0.5, 0.6) is 5.75 Å². The lowest BCUT2D eigenvalue weighted by molar-refractivity contribution is -0.137. The van der Waals surface area contributed by atoms with Gasteiger partial charge in [-0.25, -0.2) is 4.39 Å². The number of hydrazone groups is 1. The van der Waals surface area contributed by atoms with Crippen LogP contribution in [0.2, 0.25) is 0 Å². The first-order chi connectivity index (χ1) is 17.8. The minimum absolute atomic E-state index is 0.0224. The van der Waals surface area contributed by atoms with Crippen LogP contribution in [0, 0.1) is 19.7 Å². The van der Waals surface area contributed by atoms with E-state index in [1.165, 1.54) is 0 Å². The zero-order valence-corrected chi connectivity index (χ0v) is 21.1. The zero-order chi connectivity index (χ0) is 26.3. The number of aryl methyl sites for hydroxylation is 2. The second kappa shape index (κ2) is 9.72. The fourth-order valence-electron chi connectivity index (χ4n) is 5.61. The van der Waals surface area contributed by atoms with Gasteiger partial charge in [0, 0.05) is 30.2 Å². The summed E-state index contributed by atoms with van der Waals surface area (Å²) in [5.74, 6) is -0.385. The van der Waals surface area contributed by atoms with E-state index in [-0.39, 0.29) is 24.2 Å². The Hall–Kier alpha value is -4.14. The quantitative estimate of drug-likeness (QED) is 0.214. The first kappa shape index (κ1) is 24.5. The van der Waals surface area contributed by atoms with Crippen molar-refractivity contribution < 1.29 is 19.0 Å². The Morgan fingerprint density at radius 3 is 2.73 bits per heavy atom. The predicted octanol–water partition coefficient (Wildman–Crippen LogP) is 4.39. The van der Waals surface area contributed by atoms with Crippen molar-refractivity contribution in [3.63, 3.8) is 0 Å². The van der Waals surface area contributed by atoms with Gasteiger partial charge in [-0.2, -0.15) is 5.10 Å². The minimum atomic E-state index is -0.881. The fourth-order valence-corrected chi connectivity index (χ4v) is 5.61. The Balaban J connectivity index is 1.45. The van der Waals surface area contributed by atoms with Gasteiger partial charge in [-0.3, -0.25) is 9.78 Å². The van der Waals surface area contributed by atoms with Gasteiger partial charge in [0.1, 0.15) is 11.6 Å². The summed E-state index contributed by atoms with van der Waals surface area (Å²) < 4.78 is 20.9. The molecule has 0 fully saturated rings. The van der Waals surface area contributed by atoms with Gasteiger partial charge in [0.2, 0.25) is 0 Å². The molecule has 2 aliphatic rings. The number of benzene rings is 2. The smallest absolute Gasteiger partial charge is 0.304 e. The van der Waals surface area contributed by atoms with Gasteiger partial charge < -0.3 is 26.3 Å². The second-order valence-electron chi connectivity index (χ2n) is 9.64. The molecule has 8 nitrogen and oxygen atoms in total. The number of fused-ring (bicyclic) bond motifs is 2. The van der Waals surface area contributed by atoms with E-state index in [4.69, 9.17) is 15.6 Å². The number of carboxylic acids is 1. The number of nitrogens with one attached hydrogen (secondary N) is 2. The number of nitrogens with two attached hydrogens (primary N) is 1. The van der Waals surface area contributed by atoms with Crippen molar-refractivity contribution >= 4 is 17.5 Å². The van der Waals surface area contributed by atoms with Gasteiger partial charge in [0.05, 0.1) is 36.6 Å². The topological polar surface area (TPSA) is 122 Å². The van der Waals surface area contributed by atoms with Crippen LogP contribution in [-0.4, -0.2) is 35.5 Å². The molecular weight excluding hydrogens is 473 g/mol. The molecule has 37 heavy (non-hydrogen) atoms. The van der Waals surface area contributed by atoms with Crippen LogP contribution in [-0.2, 0) is 11.2 Å². The van der Waals surface area contributed by atoms with Crippen molar-refractivity contribution in [2.24, 2.45) is 10.8 Å². The van der Waals surface area contributed by atoms with Gasteiger partial charge in [-0.05, 0) is 72.7 Å². The van der Waals surface area contributed by atoms with Crippen molar-refractivity contribution in [1.29, 1.82) is 0 Å².